The molecular weight excluding hydrogens is 280 g/mol. The summed E-state index contributed by atoms with van der Waals surface area (Å²) in [6, 6.07) is 9.31. The normalized spacial score (nSPS) is 13.4. The van der Waals surface area contributed by atoms with E-state index in [1.807, 2.05) is 50.4 Å². The predicted molar refractivity (Wildman–Crippen MR) is 84.8 cm³/mol. The van der Waals surface area contributed by atoms with Crippen molar-refractivity contribution >= 4 is 6.03 Å². The Morgan fingerprint density at radius 1 is 1.32 bits per heavy atom. The van der Waals surface area contributed by atoms with Crippen LogP contribution in [0.1, 0.15) is 31.9 Å². The molecule has 0 saturated carbocycles. The third kappa shape index (κ3) is 4.33. The fourth-order valence-electron chi connectivity index (χ4n) is 2.17. The van der Waals surface area contributed by atoms with Crippen LogP contribution in [-0.4, -0.2) is 33.6 Å². The fraction of sp³-hybridized carbons (Fsp3) is 0.375. The van der Waals surface area contributed by atoms with E-state index in [2.05, 4.69) is 15.7 Å². The van der Waals surface area contributed by atoms with Crippen LogP contribution in [0.3, 0.4) is 0 Å². The molecule has 0 aliphatic rings. The van der Waals surface area contributed by atoms with Crippen molar-refractivity contribution in [1.82, 2.24) is 20.4 Å². The second kappa shape index (κ2) is 7.61. The van der Waals surface area contributed by atoms with Crippen LogP contribution in [-0.2, 0) is 0 Å². The van der Waals surface area contributed by atoms with Gasteiger partial charge in [0.15, 0.2) is 0 Å². The Hall–Kier alpha value is -2.34. The molecule has 2 rings (SSSR count). The van der Waals surface area contributed by atoms with Crippen molar-refractivity contribution in [2.75, 3.05) is 6.61 Å². The zero-order valence-corrected chi connectivity index (χ0v) is 12.9. The molecule has 0 aliphatic heterocycles. The molecule has 2 aromatic rings. The molecule has 0 aliphatic carbocycles. The van der Waals surface area contributed by atoms with Gasteiger partial charge in [-0.15, -0.1) is 0 Å². The molecule has 2 atom stereocenters. The Labute approximate surface area is 130 Å². The zero-order chi connectivity index (χ0) is 15.9. The van der Waals surface area contributed by atoms with E-state index >= 15 is 0 Å². The van der Waals surface area contributed by atoms with Crippen molar-refractivity contribution in [3.05, 3.63) is 48.3 Å². The number of carbonyl (C=O) groups is 1. The molecule has 1 aromatic carbocycles. The van der Waals surface area contributed by atoms with Gasteiger partial charge in [0.25, 0.3) is 0 Å². The highest BCUT2D eigenvalue weighted by molar-refractivity contribution is 5.74. The molecule has 1 unspecified atom stereocenters. The van der Waals surface area contributed by atoms with E-state index in [0.29, 0.717) is 6.42 Å². The second-order valence-corrected chi connectivity index (χ2v) is 5.30. The lowest BCUT2D eigenvalue weighted by Gasteiger charge is -2.18. The lowest BCUT2D eigenvalue weighted by atomic mass is 10.1. The van der Waals surface area contributed by atoms with Crippen LogP contribution in [0.15, 0.2) is 42.7 Å². The Kier molecular flexibility index (Phi) is 5.55. The molecule has 0 radical (unpaired) electrons. The number of aliphatic hydroxyl groups excluding tert-OH is 1. The minimum atomic E-state index is -0.238. The molecule has 0 bridgehead atoms. The molecule has 6 nitrogen and oxygen atoms in total. The number of rotatable bonds is 6. The van der Waals surface area contributed by atoms with Gasteiger partial charge < -0.3 is 15.7 Å². The number of nitrogens with one attached hydrogen (secondary N) is 2. The highest BCUT2D eigenvalue weighted by Crippen LogP contribution is 2.16. The van der Waals surface area contributed by atoms with Gasteiger partial charge in [0.1, 0.15) is 0 Å². The number of amides is 2. The lowest BCUT2D eigenvalue weighted by Crippen LogP contribution is -2.42. The van der Waals surface area contributed by atoms with Gasteiger partial charge in [0.05, 0.1) is 11.7 Å². The van der Waals surface area contributed by atoms with Crippen molar-refractivity contribution in [2.45, 2.75) is 32.4 Å². The van der Waals surface area contributed by atoms with Gasteiger partial charge >= 0.3 is 6.03 Å². The van der Waals surface area contributed by atoms with E-state index in [0.717, 1.165) is 11.3 Å². The quantitative estimate of drug-likeness (QED) is 0.763. The third-order valence-corrected chi connectivity index (χ3v) is 3.43. The van der Waals surface area contributed by atoms with Crippen LogP contribution < -0.4 is 10.6 Å². The molecule has 6 heteroatoms. The Morgan fingerprint density at radius 2 is 2.14 bits per heavy atom. The van der Waals surface area contributed by atoms with Crippen molar-refractivity contribution < 1.29 is 9.90 Å². The topological polar surface area (TPSA) is 79.2 Å². The first-order valence-electron chi connectivity index (χ1n) is 7.38. The maximum Gasteiger partial charge on any atom is 0.315 e. The molecule has 2 amide bonds. The molecule has 118 valence electrons. The summed E-state index contributed by atoms with van der Waals surface area (Å²) < 4.78 is 1.78. The fourth-order valence-corrected chi connectivity index (χ4v) is 2.17. The van der Waals surface area contributed by atoms with E-state index in [-0.39, 0.29) is 24.7 Å². The van der Waals surface area contributed by atoms with Gasteiger partial charge in [-0.25, -0.2) is 9.48 Å². The van der Waals surface area contributed by atoms with Crippen LogP contribution in [0, 0.1) is 0 Å². The number of aliphatic hydroxyl groups is 1. The average molecular weight is 302 g/mol. The van der Waals surface area contributed by atoms with E-state index in [1.54, 1.807) is 10.9 Å². The number of carbonyl (C=O) groups excluding carboxylic acids is 1. The van der Waals surface area contributed by atoms with Crippen LogP contribution in [0.2, 0.25) is 0 Å². The average Bonchev–Trinajstić information content (AvgIpc) is 3.01. The minimum Gasteiger partial charge on any atom is -0.396 e. The lowest BCUT2D eigenvalue weighted by molar-refractivity contribution is 0.228. The number of hydrogen-bond donors (Lipinski definition) is 3. The maximum atomic E-state index is 11.9. The molecule has 0 fully saturated rings. The van der Waals surface area contributed by atoms with Gasteiger partial charge in [-0.2, -0.15) is 5.10 Å². The van der Waals surface area contributed by atoms with Crippen LogP contribution in [0.4, 0.5) is 4.79 Å². The summed E-state index contributed by atoms with van der Waals surface area (Å²) in [5, 5.41) is 18.7. The smallest absolute Gasteiger partial charge is 0.315 e. The Bertz CT molecular complexity index is 598. The van der Waals surface area contributed by atoms with Gasteiger partial charge in [0.2, 0.25) is 0 Å². The van der Waals surface area contributed by atoms with Gasteiger partial charge in [-0.1, -0.05) is 12.1 Å². The summed E-state index contributed by atoms with van der Waals surface area (Å²) in [5.41, 5.74) is 1.95. The van der Waals surface area contributed by atoms with E-state index in [9.17, 15) is 4.79 Å². The summed E-state index contributed by atoms with van der Waals surface area (Å²) in [7, 11) is 0. The van der Waals surface area contributed by atoms with Crippen molar-refractivity contribution in [1.29, 1.82) is 0 Å². The first-order valence-corrected chi connectivity index (χ1v) is 7.38. The molecule has 0 saturated heterocycles. The zero-order valence-electron chi connectivity index (χ0n) is 12.9. The molecule has 3 N–H and O–H groups in total. The van der Waals surface area contributed by atoms with Crippen LogP contribution >= 0.6 is 0 Å². The number of nitrogens with zero attached hydrogens (tertiary/aromatic N) is 2. The minimum absolute atomic E-state index is 0.0584. The molecular formula is C16H22N4O2. The molecule has 22 heavy (non-hydrogen) atoms. The molecule has 0 spiro atoms. The van der Waals surface area contributed by atoms with E-state index < -0.39 is 0 Å². The highest BCUT2D eigenvalue weighted by atomic mass is 16.3. The highest BCUT2D eigenvalue weighted by Gasteiger charge is 2.12. The van der Waals surface area contributed by atoms with Crippen molar-refractivity contribution in [3.8, 4) is 5.69 Å². The SMILES string of the molecule is CC(NC(=O)N[C@H](C)CCO)c1cccc(-n2cccn2)c1. The van der Waals surface area contributed by atoms with Crippen molar-refractivity contribution in [2.24, 2.45) is 0 Å². The summed E-state index contributed by atoms with van der Waals surface area (Å²) in [4.78, 5) is 11.9. The summed E-state index contributed by atoms with van der Waals surface area (Å²) in [6.45, 7) is 3.85. The van der Waals surface area contributed by atoms with Gasteiger partial charge in [0, 0.05) is 25.0 Å². The van der Waals surface area contributed by atoms with E-state index in [4.69, 9.17) is 5.11 Å². The van der Waals surface area contributed by atoms with Gasteiger partial charge in [-0.3, -0.25) is 0 Å². The summed E-state index contributed by atoms with van der Waals surface area (Å²) in [5.74, 6) is 0. The number of aromatic nitrogens is 2. The first kappa shape index (κ1) is 16.0. The molecule has 1 heterocycles. The second-order valence-electron chi connectivity index (χ2n) is 5.30. The molecule has 1 aromatic heterocycles. The monoisotopic (exact) mass is 302 g/mol. The summed E-state index contributed by atoms with van der Waals surface area (Å²) >= 11 is 0. The third-order valence-electron chi connectivity index (χ3n) is 3.43. The van der Waals surface area contributed by atoms with Crippen molar-refractivity contribution in [3.63, 3.8) is 0 Å². The predicted octanol–water partition coefficient (Wildman–Crippen LogP) is 2.00. The maximum absolute atomic E-state index is 11.9. The number of benzene rings is 1. The van der Waals surface area contributed by atoms with Crippen LogP contribution in [0.25, 0.3) is 5.69 Å². The first-order chi connectivity index (χ1) is 10.6. The van der Waals surface area contributed by atoms with Gasteiger partial charge in [-0.05, 0) is 44.0 Å². The Morgan fingerprint density at radius 3 is 2.82 bits per heavy atom. The van der Waals surface area contributed by atoms with Crippen LogP contribution in [0.5, 0.6) is 0 Å². The number of hydrogen-bond acceptors (Lipinski definition) is 3. The summed E-state index contributed by atoms with van der Waals surface area (Å²) in [6.07, 6.45) is 4.14. The Balaban J connectivity index is 1.99. The van der Waals surface area contributed by atoms with E-state index in [1.165, 1.54) is 0 Å². The largest absolute Gasteiger partial charge is 0.396 e. The standard InChI is InChI=1S/C16H22N4O2/c1-12(7-10-21)18-16(22)19-13(2)14-5-3-6-15(11-14)20-9-4-8-17-20/h3-6,8-9,11-13,21H,7,10H2,1-2H3,(H2,18,19,22)/t12-,13?/m1/s1. The number of urea groups is 1.